The number of aromatic nitrogens is 1. The number of piperidine rings is 1. The molecule has 1 aliphatic heterocycles. The number of carbonyl (C=O) groups excluding carboxylic acids is 2. The fourth-order valence-electron chi connectivity index (χ4n) is 2.99. The summed E-state index contributed by atoms with van der Waals surface area (Å²) in [6.45, 7) is 3.23. The summed E-state index contributed by atoms with van der Waals surface area (Å²) in [7, 11) is 0. The van der Waals surface area contributed by atoms with E-state index in [-0.39, 0.29) is 17.8 Å². The lowest BCUT2D eigenvalue weighted by Gasteiger charge is -2.31. The van der Waals surface area contributed by atoms with E-state index < -0.39 is 0 Å². The van der Waals surface area contributed by atoms with Crippen molar-refractivity contribution >= 4 is 34.8 Å². The summed E-state index contributed by atoms with van der Waals surface area (Å²) >= 11 is 7.44. The number of esters is 1. The van der Waals surface area contributed by atoms with Crippen LogP contribution in [0.4, 0.5) is 0 Å². The Balaban J connectivity index is 1.77. The van der Waals surface area contributed by atoms with Crippen molar-refractivity contribution in [1.82, 2.24) is 9.88 Å². The number of nitrogens with one attached hydrogen (secondary N) is 1. The summed E-state index contributed by atoms with van der Waals surface area (Å²) in [5, 5.41) is 0. The molecule has 2 aromatic rings. The zero-order valence-electron chi connectivity index (χ0n) is 13.4. The first-order valence-corrected chi connectivity index (χ1v) is 9.18. The van der Waals surface area contributed by atoms with E-state index in [0.29, 0.717) is 29.6 Å². The Hall–Kier alpha value is -1.79. The number of ether oxygens (including phenoxy) is 1. The number of carbonyl (C=O) groups is 2. The molecule has 0 aromatic carbocycles. The third kappa shape index (κ3) is 3.49. The number of H-pyrrole nitrogens is 1. The maximum absolute atomic E-state index is 12.9. The Morgan fingerprint density at radius 2 is 2.25 bits per heavy atom. The molecule has 2 aromatic heterocycles. The number of likely N-dealkylation sites (tertiary alicyclic amines) is 1. The zero-order chi connectivity index (χ0) is 17.1. The van der Waals surface area contributed by atoms with E-state index in [1.807, 2.05) is 18.3 Å². The van der Waals surface area contributed by atoms with Gasteiger partial charge < -0.3 is 14.6 Å². The molecule has 3 rings (SSSR count). The van der Waals surface area contributed by atoms with Crippen molar-refractivity contribution in [2.75, 3.05) is 19.7 Å². The smallest absolute Gasteiger partial charge is 0.310 e. The molecule has 0 bridgehead atoms. The number of halogens is 1. The van der Waals surface area contributed by atoms with E-state index >= 15 is 0 Å². The van der Waals surface area contributed by atoms with Crippen LogP contribution in [0.3, 0.4) is 0 Å². The number of hydrogen-bond acceptors (Lipinski definition) is 4. The van der Waals surface area contributed by atoms with E-state index in [4.69, 9.17) is 16.3 Å². The van der Waals surface area contributed by atoms with E-state index in [1.54, 1.807) is 18.0 Å². The van der Waals surface area contributed by atoms with Gasteiger partial charge in [-0.1, -0.05) is 11.6 Å². The molecule has 0 spiro atoms. The lowest BCUT2D eigenvalue weighted by Crippen LogP contribution is -2.42. The van der Waals surface area contributed by atoms with Gasteiger partial charge in [0.2, 0.25) is 0 Å². The predicted molar refractivity (Wildman–Crippen MR) is 94.4 cm³/mol. The van der Waals surface area contributed by atoms with E-state index in [2.05, 4.69) is 4.98 Å². The molecule has 5 nitrogen and oxygen atoms in total. The molecule has 7 heteroatoms. The van der Waals surface area contributed by atoms with Gasteiger partial charge in [0, 0.05) is 35.9 Å². The molecule has 24 heavy (non-hydrogen) atoms. The molecule has 1 fully saturated rings. The number of amides is 1. The highest BCUT2D eigenvalue weighted by Gasteiger charge is 2.31. The molecule has 1 saturated heterocycles. The minimum atomic E-state index is -0.235. The van der Waals surface area contributed by atoms with Crippen LogP contribution in [0.5, 0.6) is 0 Å². The van der Waals surface area contributed by atoms with Crippen molar-refractivity contribution in [3.8, 4) is 10.4 Å². The van der Waals surface area contributed by atoms with Crippen LogP contribution in [0.25, 0.3) is 10.4 Å². The van der Waals surface area contributed by atoms with Gasteiger partial charge in [0.05, 0.1) is 22.4 Å². The summed E-state index contributed by atoms with van der Waals surface area (Å²) < 4.78 is 5.79. The van der Waals surface area contributed by atoms with Gasteiger partial charge in [-0.2, -0.15) is 0 Å². The number of hydrogen-bond donors (Lipinski definition) is 1. The maximum atomic E-state index is 12.9. The molecule has 0 saturated carbocycles. The van der Waals surface area contributed by atoms with Crippen LogP contribution in [-0.4, -0.2) is 41.5 Å². The van der Waals surface area contributed by atoms with Gasteiger partial charge in [-0.3, -0.25) is 9.59 Å². The summed E-state index contributed by atoms with van der Waals surface area (Å²) in [5.74, 6) is -0.514. The topological polar surface area (TPSA) is 62.4 Å². The van der Waals surface area contributed by atoms with Crippen molar-refractivity contribution in [3.05, 3.63) is 34.4 Å². The Labute approximate surface area is 149 Å². The quantitative estimate of drug-likeness (QED) is 0.837. The third-order valence-electron chi connectivity index (χ3n) is 4.14. The van der Waals surface area contributed by atoms with Gasteiger partial charge >= 0.3 is 5.97 Å². The fraction of sp³-hybridized carbons (Fsp3) is 0.412. The van der Waals surface area contributed by atoms with Crippen molar-refractivity contribution in [3.63, 3.8) is 0 Å². The molecule has 0 aliphatic carbocycles. The van der Waals surface area contributed by atoms with E-state index in [9.17, 15) is 9.59 Å². The highest BCUT2D eigenvalue weighted by atomic mass is 35.5. The molecule has 0 unspecified atom stereocenters. The Morgan fingerprint density at radius 3 is 2.96 bits per heavy atom. The van der Waals surface area contributed by atoms with Crippen LogP contribution in [0.2, 0.25) is 4.34 Å². The number of aromatic amines is 1. The van der Waals surface area contributed by atoms with Gasteiger partial charge in [0.15, 0.2) is 0 Å². The lowest BCUT2D eigenvalue weighted by molar-refractivity contribution is -0.149. The Kier molecular flexibility index (Phi) is 5.26. The Bertz CT molecular complexity index is 740. The molecule has 1 aliphatic rings. The first-order valence-electron chi connectivity index (χ1n) is 7.98. The predicted octanol–water partition coefficient (Wildman–Crippen LogP) is 3.81. The number of nitrogens with zero attached hydrogens (tertiary/aromatic N) is 1. The average Bonchev–Trinajstić information content (AvgIpc) is 3.23. The largest absolute Gasteiger partial charge is 0.466 e. The number of rotatable bonds is 4. The maximum Gasteiger partial charge on any atom is 0.310 e. The Morgan fingerprint density at radius 1 is 1.42 bits per heavy atom. The van der Waals surface area contributed by atoms with Gasteiger partial charge in [0.1, 0.15) is 0 Å². The van der Waals surface area contributed by atoms with Gasteiger partial charge in [0.25, 0.3) is 5.91 Å². The standard InChI is InChI=1S/C17H19ClN2O3S/c1-2-23-17(22)11-4-3-7-20(10-11)16(21)13-9-19-8-12(13)14-5-6-15(18)24-14/h5-6,8-9,11,19H,2-4,7,10H2,1H3/t11-/m0/s1. The molecule has 1 amide bonds. The van der Waals surface area contributed by atoms with Crippen LogP contribution < -0.4 is 0 Å². The second-order valence-electron chi connectivity index (χ2n) is 5.73. The van der Waals surface area contributed by atoms with Crippen LogP contribution in [0, 0.1) is 5.92 Å². The highest BCUT2D eigenvalue weighted by Crippen LogP contribution is 2.34. The van der Waals surface area contributed by atoms with Crippen molar-refractivity contribution in [2.45, 2.75) is 19.8 Å². The van der Waals surface area contributed by atoms with Crippen LogP contribution in [-0.2, 0) is 9.53 Å². The monoisotopic (exact) mass is 366 g/mol. The van der Waals surface area contributed by atoms with E-state index in [0.717, 1.165) is 23.3 Å². The summed E-state index contributed by atoms with van der Waals surface area (Å²) in [4.78, 5) is 30.6. The van der Waals surface area contributed by atoms with E-state index in [1.165, 1.54) is 11.3 Å². The number of thiophene rings is 1. The first-order chi connectivity index (χ1) is 11.6. The summed E-state index contributed by atoms with van der Waals surface area (Å²) in [6, 6.07) is 3.73. The third-order valence-corrected chi connectivity index (χ3v) is 5.41. The SMILES string of the molecule is CCOC(=O)[C@H]1CCCN(C(=O)c2c[nH]cc2-c2ccc(Cl)s2)C1. The second kappa shape index (κ2) is 7.40. The molecule has 1 N–H and O–H groups in total. The molecule has 1 atom stereocenters. The van der Waals surface area contributed by atoms with Gasteiger partial charge in [-0.05, 0) is 31.9 Å². The summed E-state index contributed by atoms with van der Waals surface area (Å²) in [5.41, 5.74) is 1.45. The lowest BCUT2D eigenvalue weighted by atomic mass is 9.97. The average molecular weight is 367 g/mol. The van der Waals surface area contributed by atoms with Gasteiger partial charge in [-0.15, -0.1) is 11.3 Å². The minimum absolute atomic E-state index is 0.0650. The van der Waals surface area contributed by atoms with Crippen LogP contribution in [0.15, 0.2) is 24.5 Å². The molecule has 128 valence electrons. The molecule has 3 heterocycles. The zero-order valence-corrected chi connectivity index (χ0v) is 15.0. The van der Waals surface area contributed by atoms with Crippen LogP contribution in [0.1, 0.15) is 30.1 Å². The fourth-order valence-corrected chi connectivity index (χ4v) is 4.06. The summed E-state index contributed by atoms with van der Waals surface area (Å²) in [6.07, 6.45) is 5.09. The molecule has 0 radical (unpaired) electrons. The molecular formula is C17H19ClN2O3S. The highest BCUT2D eigenvalue weighted by molar-refractivity contribution is 7.19. The van der Waals surface area contributed by atoms with Crippen molar-refractivity contribution in [2.24, 2.45) is 5.92 Å². The second-order valence-corrected chi connectivity index (χ2v) is 7.44. The van der Waals surface area contributed by atoms with Gasteiger partial charge in [-0.25, -0.2) is 0 Å². The molecular weight excluding hydrogens is 348 g/mol. The van der Waals surface area contributed by atoms with Crippen molar-refractivity contribution in [1.29, 1.82) is 0 Å². The normalized spacial score (nSPS) is 17.8. The first kappa shape index (κ1) is 17.0. The van der Waals surface area contributed by atoms with Crippen molar-refractivity contribution < 1.29 is 14.3 Å². The van der Waals surface area contributed by atoms with Crippen LogP contribution >= 0.6 is 22.9 Å². The minimum Gasteiger partial charge on any atom is -0.466 e.